The van der Waals surface area contributed by atoms with Crippen LogP contribution in [-0.2, 0) is 10.4 Å². The van der Waals surface area contributed by atoms with Crippen molar-refractivity contribution in [3.8, 4) is 5.75 Å². The first-order chi connectivity index (χ1) is 10.9. The van der Waals surface area contributed by atoms with Gasteiger partial charge in [0.15, 0.2) is 0 Å². The van der Waals surface area contributed by atoms with E-state index >= 15 is 0 Å². The van der Waals surface area contributed by atoms with Crippen LogP contribution in [-0.4, -0.2) is 90.8 Å². The Morgan fingerprint density at radius 3 is 2.33 bits per heavy atom. The van der Waals surface area contributed by atoms with Crippen molar-refractivity contribution in [3.05, 3.63) is 23.4 Å². The lowest BCUT2D eigenvalue weighted by Crippen LogP contribution is -2.63. The summed E-state index contributed by atoms with van der Waals surface area (Å²) in [5.41, 5.74) is 5.21. The number of likely N-dealkylation sites (N-methyl/N-ethyl adjacent to an activating group) is 1. The molecule has 0 amide bonds. The SMILES string of the molecule is Bc1cc2c3c([nH]c2cc1OC)C(B)(B)C(B)(B)N(C)CC3(B)B. The normalized spacial score (nSPS) is 21.9. The molecule has 2 aromatic rings. The van der Waals surface area contributed by atoms with Crippen LogP contribution in [0.2, 0.25) is 0 Å². The molecule has 0 fully saturated rings. The third-order valence-electron chi connectivity index (χ3n) is 6.73. The predicted molar refractivity (Wildman–Crippen MR) is 123 cm³/mol. The number of aromatic amines is 1. The van der Waals surface area contributed by atoms with E-state index in [-0.39, 0.29) is 15.8 Å². The second-order valence-electron chi connectivity index (χ2n) is 9.17. The van der Waals surface area contributed by atoms with Gasteiger partial charge in [-0.1, -0.05) is 6.07 Å². The third kappa shape index (κ3) is 2.25. The maximum atomic E-state index is 5.54. The Labute approximate surface area is 151 Å². The fraction of sp³-hybridized carbons (Fsp3) is 0.429. The summed E-state index contributed by atoms with van der Waals surface area (Å²) < 4.78 is 5.54. The van der Waals surface area contributed by atoms with Crippen molar-refractivity contribution in [3.63, 3.8) is 0 Å². The molecule has 0 aliphatic carbocycles. The van der Waals surface area contributed by atoms with Crippen molar-refractivity contribution in [1.82, 2.24) is 9.88 Å². The highest BCUT2D eigenvalue weighted by Crippen LogP contribution is 2.43. The maximum absolute atomic E-state index is 5.54. The van der Waals surface area contributed by atoms with Gasteiger partial charge in [0.2, 0.25) is 0 Å². The van der Waals surface area contributed by atoms with Crippen LogP contribution in [0.25, 0.3) is 10.9 Å². The minimum absolute atomic E-state index is 0.00497. The number of aromatic nitrogens is 1. The largest absolute Gasteiger partial charge is 0.497 e. The summed E-state index contributed by atoms with van der Waals surface area (Å²) in [5.74, 6) is 0.950. The number of hydrogen-bond acceptors (Lipinski definition) is 2. The minimum Gasteiger partial charge on any atom is -0.497 e. The molecule has 0 radical (unpaired) electrons. The zero-order valence-electron chi connectivity index (χ0n) is 16.7. The molecular weight excluding hydrogens is 288 g/mol. The molecule has 1 aromatic carbocycles. The highest BCUT2D eigenvalue weighted by Gasteiger charge is 2.48. The molecule has 0 saturated heterocycles. The molecule has 1 N–H and O–H groups in total. The maximum Gasteiger partial charge on any atom is 0.144 e. The zero-order chi connectivity index (χ0) is 18.1. The monoisotopic (exact) mass is 314 g/mol. The van der Waals surface area contributed by atoms with Crippen molar-refractivity contribution >= 4 is 71.3 Å². The molecular formula is C14H25B7N2O. The van der Waals surface area contributed by atoms with Crippen LogP contribution in [0.1, 0.15) is 11.3 Å². The Kier molecular flexibility index (Phi) is 3.88. The van der Waals surface area contributed by atoms with E-state index in [0.29, 0.717) is 0 Å². The summed E-state index contributed by atoms with van der Waals surface area (Å²) in [6, 6.07) is 4.45. The number of hydrogen-bond donors (Lipinski definition) is 1. The first-order valence-corrected chi connectivity index (χ1v) is 8.86. The number of rotatable bonds is 1. The van der Waals surface area contributed by atoms with Gasteiger partial charge < -0.3 is 14.6 Å². The van der Waals surface area contributed by atoms with Crippen molar-refractivity contribution in [2.24, 2.45) is 0 Å². The van der Waals surface area contributed by atoms with E-state index in [1.54, 1.807) is 7.11 Å². The molecule has 118 valence electrons. The number of methoxy groups -OCH3 is 1. The summed E-state index contributed by atoms with van der Waals surface area (Å²) in [7, 11) is 20.3. The molecule has 10 heteroatoms. The Balaban J connectivity index is 2.42. The van der Waals surface area contributed by atoms with Crippen LogP contribution in [0.15, 0.2) is 12.1 Å². The lowest BCUT2D eigenvalue weighted by Gasteiger charge is -2.48. The smallest absolute Gasteiger partial charge is 0.144 e. The Morgan fingerprint density at radius 2 is 1.75 bits per heavy atom. The predicted octanol–water partition coefficient (Wildman–Crippen LogP) is -5.86. The first-order valence-electron chi connectivity index (χ1n) is 8.86. The molecule has 0 spiro atoms. The number of fused-ring (bicyclic) bond motifs is 3. The van der Waals surface area contributed by atoms with Gasteiger partial charge in [-0.3, -0.25) is 0 Å². The van der Waals surface area contributed by atoms with Gasteiger partial charge in [0.25, 0.3) is 0 Å². The fourth-order valence-corrected chi connectivity index (χ4v) is 4.37. The van der Waals surface area contributed by atoms with E-state index in [9.17, 15) is 0 Å². The second kappa shape index (κ2) is 5.23. The molecule has 1 aliphatic rings. The number of benzene rings is 1. The summed E-state index contributed by atoms with van der Waals surface area (Å²) in [6.07, 6.45) is 0. The van der Waals surface area contributed by atoms with E-state index in [2.05, 4.69) is 84.0 Å². The molecule has 0 unspecified atom stereocenters. The second-order valence-corrected chi connectivity index (χ2v) is 9.17. The van der Waals surface area contributed by atoms with Crippen molar-refractivity contribution in [1.29, 1.82) is 0 Å². The number of nitrogens with zero attached hydrogens (tertiary/aromatic N) is 1. The minimum atomic E-state index is 0.00497. The van der Waals surface area contributed by atoms with E-state index in [1.165, 1.54) is 27.6 Å². The molecule has 0 saturated carbocycles. The van der Waals surface area contributed by atoms with Crippen molar-refractivity contribution in [2.75, 3.05) is 20.7 Å². The van der Waals surface area contributed by atoms with Gasteiger partial charge >= 0.3 is 0 Å². The molecule has 3 nitrogen and oxygen atoms in total. The van der Waals surface area contributed by atoms with Crippen LogP contribution in [0.5, 0.6) is 5.75 Å². The van der Waals surface area contributed by atoms with Gasteiger partial charge in [-0.2, -0.15) is 0 Å². The van der Waals surface area contributed by atoms with Crippen LogP contribution in [0, 0.1) is 0 Å². The molecule has 24 heavy (non-hydrogen) atoms. The summed E-state index contributed by atoms with van der Waals surface area (Å²) >= 11 is 0. The molecule has 2 heterocycles. The molecule has 0 bridgehead atoms. The molecule has 0 atom stereocenters. The van der Waals surface area contributed by atoms with Gasteiger partial charge in [0.1, 0.15) is 60.7 Å². The summed E-state index contributed by atoms with van der Waals surface area (Å²) in [6.45, 7) is 1.04. The first kappa shape index (κ1) is 17.8. The quantitative estimate of drug-likeness (QED) is 0.531. The lowest BCUT2D eigenvalue weighted by molar-refractivity contribution is 0.256. The molecule has 3 rings (SSSR count). The van der Waals surface area contributed by atoms with Gasteiger partial charge in [-0.15, -0.1) is 0 Å². The average Bonchev–Trinajstić information content (AvgIpc) is 2.83. The summed E-state index contributed by atoms with van der Waals surface area (Å²) in [4.78, 5) is 6.29. The van der Waals surface area contributed by atoms with Gasteiger partial charge in [-0.05, 0) is 40.4 Å². The van der Waals surface area contributed by atoms with Crippen LogP contribution in [0.4, 0.5) is 0 Å². The molecule has 1 aliphatic heterocycles. The zero-order valence-corrected chi connectivity index (χ0v) is 16.7. The topological polar surface area (TPSA) is 28.3 Å². The average molecular weight is 313 g/mol. The fourth-order valence-electron chi connectivity index (χ4n) is 4.37. The van der Waals surface area contributed by atoms with Gasteiger partial charge in [0.05, 0.1) is 7.11 Å². The molecule has 1 aromatic heterocycles. The van der Waals surface area contributed by atoms with Gasteiger partial charge in [0, 0.05) is 22.7 Å². The lowest BCUT2D eigenvalue weighted by atomic mass is 9.32. The van der Waals surface area contributed by atoms with Crippen LogP contribution < -0.4 is 10.2 Å². The third-order valence-corrected chi connectivity index (χ3v) is 6.73. The Hall–Kier alpha value is -1.03. The van der Waals surface area contributed by atoms with E-state index in [0.717, 1.165) is 12.3 Å². The van der Waals surface area contributed by atoms with E-state index < -0.39 is 0 Å². The van der Waals surface area contributed by atoms with Crippen LogP contribution >= 0.6 is 0 Å². The Morgan fingerprint density at radius 1 is 1.12 bits per heavy atom. The van der Waals surface area contributed by atoms with Crippen LogP contribution in [0.3, 0.4) is 0 Å². The highest BCUT2D eigenvalue weighted by molar-refractivity contribution is 6.55. The van der Waals surface area contributed by atoms with E-state index in [1.807, 2.05) is 0 Å². The number of H-pyrrole nitrogens is 1. The van der Waals surface area contributed by atoms with Crippen molar-refractivity contribution in [2.45, 2.75) is 15.8 Å². The number of nitrogens with one attached hydrogen (secondary N) is 1. The van der Waals surface area contributed by atoms with E-state index in [4.69, 9.17) is 4.74 Å². The standard InChI is InChI=1S/C14H25B7N2O/c1-23-5-12(16,17)10-6-3-7(15)9(24-2)4-8(6)22-11(10)13(18,19)14(23,20)21/h3-4,22H,5,15-21H2,1-2H3. The highest BCUT2D eigenvalue weighted by atomic mass is 16.5. The summed E-state index contributed by atoms with van der Waals surface area (Å²) in [5, 5.41) is 1.47. The number of ether oxygens (including phenoxy) is 1. The van der Waals surface area contributed by atoms with Crippen molar-refractivity contribution < 1.29 is 4.74 Å². The Bertz CT molecular complexity index is 815. The van der Waals surface area contributed by atoms with Gasteiger partial charge in [-0.25, -0.2) is 0 Å².